The second kappa shape index (κ2) is 4.17. The summed E-state index contributed by atoms with van der Waals surface area (Å²) < 4.78 is 0. The molecule has 1 saturated heterocycles. The van der Waals surface area contributed by atoms with Crippen LogP contribution >= 0.6 is 11.6 Å². The van der Waals surface area contributed by atoms with E-state index in [0.717, 1.165) is 25.2 Å². The van der Waals surface area contributed by atoms with Gasteiger partial charge in [-0.3, -0.25) is 0 Å². The van der Waals surface area contributed by atoms with Gasteiger partial charge in [-0.05, 0) is 18.2 Å². The minimum Gasteiger partial charge on any atom is -0.508 e. The van der Waals surface area contributed by atoms with E-state index in [9.17, 15) is 5.11 Å². The van der Waals surface area contributed by atoms with Gasteiger partial charge in [0, 0.05) is 36.3 Å². The van der Waals surface area contributed by atoms with Crippen molar-refractivity contribution in [3.63, 3.8) is 0 Å². The molecular weight excluding hydrogens is 200 g/mol. The molecule has 0 saturated carbocycles. The molecule has 0 spiro atoms. The van der Waals surface area contributed by atoms with E-state index in [1.54, 1.807) is 12.1 Å². The topological polar surface area (TPSA) is 44.3 Å². The first-order valence-electron chi connectivity index (χ1n) is 4.70. The van der Waals surface area contributed by atoms with Gasteiger partial charge in [0.05, 0.1) is 0 Å². The fraction of sp³-hybridized carbons (Fsp3) is 0.400. The van der Waals surface area contributed by atoms with E-state index in [1.165, 1.54) is 0 Å². The molecule has 76 valence electrons. The molecule has 0 unspecified atom stereocenters. The van der Waals surface area contributed by atoms with Crippen LogP contribution in [0.5, 0.6) is 5.75 Å². The number of nitrogens with one attached hydrogen (secondary N) is 2. The third kappa shape index (κ3) is 2.00. The maximum atomic E-state index is 9.66. The van der Waals surface area contributed by atoms with E-state index >= 15 is 0 Å². The van der Waals surface area contributed by atoms with Crippen molar-refractivity contribution in [2.24, 2.45) is 0 Å². The number of hydrogen-bond acceptors (Lipinski definition) is 3. The number of phenols is 1. The smallest absolute Gasteiger partial charge is 0.120 e. The second-order valence-electron chi connectivity index (χ2n) is 3.41. The summed E-state index contributed by atoms with van der Waals surface area (Å²) in [5.41, 5.74) is 0.865. The molecule has 1 aliphatic heterocycles. The van der Waals surface area contributed by atoms with Crippen molar-refractivity contribution in [2.45, 2.75) is 6.04 Å². The van der Waals surface area contributed by atoms with Gasteiger partial charge in [-0.15, -0.1) is 0 Å². The van der Waals surface area contributed by atoms with Crippen molar-refractivity contribution in [1.82, 2.24) is 10.6 Å². The van der Waals surface area contributed by atoms with Crippen molar-refractivity contribution >= 4 is 11.6 Å². The third-order valence-corrected chi connectivity index (χ3v) is 2.64. The van der Waals surface area contributed by atoms with E-state index in [2.05, 4.69) is 10.6 Å². The quantitative estimate of drug-likeness (QED) is 0.657. The summed E-state index contributed by atoms with van der Waals surface area (Å²) in [5, 5.41) is 16.9. The van der Waals surface area contributed by atoms with Gasteiger partial charge in [0.15, 0.2) is 0 Å². The van der Waals surface area contributed by atoms with Gasteiger partial charge in [0.2, 0.25) is 0 Å². The Morgan fingerprint density at radius 3 is 2.93 bits per heavy atom. The summed E-state index contributed by atoms with van der Waals surface area (Å²) in [7, 11) is 0. The van der Waals surface area contributed by atoms with Gasteiger partial charge in [0.25, 0.3) is 0 Å². The highest BCUT2D eigenvalue weighted by molar-refractivity contribution is 6.30. The maximum absolute atomic E-state index is 9.66. The van der Waals surface area contributed by atoms with Crippen LogP contribution in [0.15, 0.2) is 18.2 Å². The molecule has 0 radical (unpaired) electrons. The second-order valence-corrected chi connectivity index (χ2v) is 3.85. The molecule has 4 heteroatoms. The summed E-state index contributed by atoms with van der Waals surface area (Å²) in [6.07, 6.45) is 0. The Morgan fingerprint density at radius 2 is 2.21 bits per heavy atom. The molecule has 1 fully saturated rings. The zero-order valence-electron chi connectivity index (χ0n) is 7.76. The van der Waals surface area contributed by atoms with Gasteiger partial charge in [-0.2, -0.15) is 0 Å². The average molecular weight is 213 g/mol. The lowest BCUT2D eigenvalue weighted by Gasteiger charge is -2.25. The van der Waals surface area contributed by atoms with Gasteiger partial charge < -0.3 is 15.7 Å². The van der Waals surface area contributed by atoms with Crippen LogP contribution < -0.4 is 10.6 Å². The molecule has 14 heavy (non-hydrogen) atoms. The van der Waals surface area contributed by atoms with Crippen LogP contribution in [0.4, 0.5) is 0 Å². The number of piperazine rings is 1. The molecule has 1 heterocycles. The lowest BCUT2D eigenvalue weighted by molar-refractivity contribution is 0.404. The Morgan fingerprint density at radius 1 is 1.36 bits per heavy atom. The van der Waals surface area contributed by atoms with Crippen LogP contribution in [0.25, 0.3) is 0 Å². The fourth-order valence-electron chi connectivity index (χ4n) is 1.68. The van der Waals surface area contributed by atoms with E-state index in [-0.39, 0.29) is 6.04 Å². The Kier molecular flexibility index (Phi) is 2.91. The van der Waals surface area contributed by atoms with Gasteiger partial charge in [-0.25, -0.2) is 0 Å². The van der Waals surface area contributed by atoms with E-state index in [0.29, 0.717) is 10.8 Å². The van der Waals surface area contributed by atoms with E-state index in [4.69, 9.17) is 11.6 Å². The summed E-state index contributed by atoms with van der Waals surface area (Å²) in [4.78, 5) is 0. The number of phenolic OH excluding ortho intramolecular Hbond substituents is 1. The zero-order chi connectivity index (χ0) is 9.97. The van der Waals surface area contributed by atoms with Crippen molar-refractivity contribution in [3.8, 4) is 5.75 Å². The Bertz CT molecular complexity index is 324. The monoisotopic (exact) mass is 212 g/mol. The van der Waals surface area contributed by atoms with Crippen molar-refractivity contribution in [1.29, 1.82) is 0 Å². The first kappa shape index (κ1) is 9.77. The number of hydrogen-bond donors (Lipinski definition) is 3. The number of halogens is 1. The molecule has 1 aromatic carbocycles. The fourth-order valence-corrected chi connectivity index (χ4v) is 1.86. The van der Waals surface area contributed by atoms with Crippen LogP contribution in [-0.2, 0) is 0 Å². The molecule has 0 aromatic heterocycles. The highest BCUT2D eigenvalue weighted by atomic mass is 35.5. The molecule has 3 nitrogen and oxygen atoms in total. The van der Waals surface area contributed by atoms with Crippen molar-refractivity contribution in [2.75, 3.05) is 19.6 Å². The van der Waals surface area contributed by atoms with Crippen LogP contribution in [-0.4, -0.2) is 24.7 Å². The van der Waals surface area contributed by atoms with Gasteiger partial charge >= 0.3 is 0 Å². The summed E-state index contributed by atoms with van der Waals surface area (Å²) >= 11 is 5.88. The highest BCUT2D eigenvalue weighted by Gasteiger charge is 2.17. The Balaban J connectivity index is 2.24. The lowest BCUT2D eigenvalue weighted by atomic mass is 10.0. The minimum atomic E-state index is 0.155. The molecule has 3 N–H and O–H groups in total. The van der Waals surface area contributed by atoms with Crippen LogP contribution in [0.1, 0.15) is 11.6 Å². The number of rotatable bonds is 1. The molecule has 0 aliphatic carbocycles. The predicted molar refractivity (Wildman–Crippen MR) is 56.7 cm³/mol. The highest BCUT2D eigenvalue weighted by Crippen LogP contribution is 2.27. The summed E-state index contributed by atoms with van der Waals surface area (Å²) in [5.74, 6) is 0.301. The predicted octanol–water partition coefficient (Wildman–Crippen LogP) is 1.28. The molecule has 0 amide bonds. The van der Waals surface area contributed by atoms with Crippen molar-refractivity contribution in [3.05, 3.63) is 28.8 Å². The zero-order valence-corrected chi connectivity index (χ0v) is 8.51. The molecule has 1 aliphatic rings. The van der Waals surface area contributed by atoms with Gasteiger partial charge in [0.1, 0.15) is 5.75 Å². The largest absolute Gasteiger partial charge is 0.508 e. The van der Waals surface area contributed by atoms with Crippen LogP contribution in [0.2, 0.25) is 5.02 Å². The standard InChI is InChI=1S/C10H13ClN2O/c11-7-1-2-10(14)8(5-7)9-6-12-3-4-13-9/h1-2,5,9,12-14H,3-4,6H2/t9-/m0/s1. The average Bonchev–Trinajstić information content (AvgIpc) is 2.23. The van der Waals surface area contributed by atoms with Crippen LogP contribution in [0, 0.1) is 0 Å². The third-order valence-electron chi connectivity index (χ3n) is 2.41. The summed E-state index contributed by atoms with van der Waals surface area (Å²) in [6, 6.07) is 5.29. The first-order chi connectivity index (χ1) is 6.77. The maximum Gasteiger partial charge on any atom is 0.120 e. The number of aromatic hydroxyl groups is 1. The summed E-state index contributed by atoms with van der Waals surface area (Å²) in [6.45, 7) is 2.71. The molecule has 1 atom stereocenters. The minimum absolute atomic E-state index is 0.155. The normalized spacial score (nSPS) is 22.2. The van der Waals surface area contributed by atoms with E-state index < -0.39 is 0 Å². The van der Waals surface area contributed by atoms with E-state index in [1.807, 2.05) is 6.07 Å². The lowest BCUT2D eigenvalue weighted by Crippen LogP contribution is -2.42. The number of benzene rings is 1. The van der Waals surface area contributed by atoms with Crippen LogP contribution in [0.3, 0.4) is 0 Å². The SMILES string of the molecule is Oc1ccc(Cl)cc1[C@@H]1CNCCN1. The van der Waals surface area contributed by atoms with Crippen molar-refractivity contribution < 1.29 is 5.11 Å². The Hall–Kier alpha value is -0.770. The molecular formula is C10H13ClN2O. The molecule has 0 bridgehead atoms. The van der Waals surface area contributed by atoms with Gasteiger partial charge in [-0.1, -0.05) is 11.6 Å². The first-order valence-corrected chi connectivity index (χ1v) is 5.07. The molecule has 1 aromatic rings. The molecule has 2 rings (SSSR count). The Labute approximate surface area is 88.1 Å².